The number of aromatic nitrogens is 2. The van der Waals surface area contributed by atoms with Crippen LogP contribution in [0.5, 0.6) is 0 Å². The van der Waals surface area contributed by atoms with Gasteiger partial charge in [-0.05, 0) is 18.6 Å². The number of imide groups is 1. The van der Waals surface area contributed by atoms with Gasteiger partial charge in [0.15, 0.2) is 5.16 Å². The molecule has 0 saturated heterocycles. The molecule has 2 amide bonds. The summed E-state index contributed by atoms with van der Waals surface area (Å²) < 4.78 is 1.51. The lowest BCUT2D eigenvalue weighted by Gasteiger charge is -2.13. The number of thioether (sulfide) groups is 1. The van der Waals surface area contributed by atoms with Crippen molar-refractivity contribution in [1.82, 2.24) is 14.6 Å². The molecule has 0 fully saturated rings. The SMILES string of the molecule is Nn1cc(-c2ccccc2)nc1SCCCN1C(=O)c2ccccc2C1=O. The van der Waals surface area contributed by atoms with Gasteiger partial charge in [0.25, 0.3) is 11.8 Å². The summed E-state index contributed by atoms with van der Waals surface area (Å²) in [6, 6.07) is 16.8. The number of hydrogen-bond acceptors (Lipinski definition) is 5. The molecular formula is C20H18N4O2S. The number of carbonyl (C=O) groups is 2. The standard InChI is InChI=1S/C20H18N4O2S/c21-24-13-17(14-7-2-1-3-8-14)22-20(24)27-12-6-11-23-18(25)15-9-4-5-10-16(15)19(23)26/h1-5,7-10,13H,6,11-12,21H2. The van der Waals surface area contributed by atoms with Crippen molar-refractivity contribution in [3.8, 4) is 11.3 Å². The minimum atomic E-state index is -0.215. The predicted octanol–water partition coefficient (Wildman–Crippen LogP) is 3.04. The molecule has 1 aromatic heterocycles. The van der Waals surface area contributed by atoms with Crippen molar-refractivity contribution < 1.29 is 9.59 Å². The first-order chi connectivity index (χ1) is 13.1. The van der Waals surface area contributed by atoms with Crippen LogP contribution in [0.2, 0.25) is 0 Å². The van der Waals surface area contributed by atoms with Crippen molar-refractivity contribution in [1.29, 1.82) is 0 Å². The van der Waals surface area contributed by atoms with Gasteiger partial charge in [0.2, 0.25) is 0 Å². The largest absolute Gasteiger partial charge is 0.337 e. The number of fused-ring (bicyclic) bond motifs is 1. The van der Waals surface area contributed by atoms with Gasteiger partial charge in [-0.3, -0.25) is 14.5 Å². The van der Waals surface area contributed by atoms with E-state index in [1.165, 1.54) is 21.3 Å². The number of hydrogen-bond donors (Lipinski definition) is 1. The van der Waals surface area contributed by atoms with E-state index in [0.717, 1.165) is 11.3 Å². The van der Waals surface area contributed by atoms with Crippen LogP contribution in [0.3, 0.4) is 0 Å². The van der Waals surface area contributed by atoms with E-state index >= 15 is 0 Å². The zero-order chi connectivity index (χ0) is 18.8. The normalized spacial score (nSPS) is 13.3. The summed E-state index contributed by atoms with van der Waals surface area (Å²) in [5.74, 6) is 6.27. The zero-order valence-corrected chi connectivity index (χ0v) is 15.4. The summed E-state index contributed by atoms with van der Waals surface area (Å²) in [4.78, 5) is 30.6. The number of nitrogens with zero attached hydrogens (tertiary/aromatic N) is 3. The van der Waals surface area contributed by atoms with Gasteiger partial charge >= 0.3 is 0 Å². The third-order valence-corrected chi connectivity index (χ3v) is 5.46. The summed E-state index contributed by atoms with van der Waals surface area (Å²) in [5, 5.41) is 0.705. The van der Waals surface area contributed by atoms with Crippen molar-refractivity contribution in [3.63, 3.8) is 0 Å². The smallest absolute Gasteiger partial charge is 0.261 e. The molecule has 0 saturated carbocycles. The van der Waals surface area contributed by atoms with Crippen molar-refractivity contribution in [2.45, 2.75) is 11.6 Å². The number of nitrogens with two attached hydrogens (primary N) is 1. The molecule has 1 aliphatic rings. The quantitative estimate of drug-likeness (QED) is 0.309. The van der Waals surface area contributed by atoms with Gasteiger partial charge < -0.3 is 5.84 Å². The van der Waals surface area contributed by atoms with E-state index in [9.17, 15) is 9.59 Å². The maximum atomic E-state index is 12.3. The molecule has 27 heavy (non-hydrogen) atoms. The molecule has 2 heterocycles. The number of carbonyl (C=O) groups excluding carboxylic acids is 2. The maximum Gasteiger partial charge on any atom is 0.261 e. The van der Waals surface area contributed by atoms with Gasteiger partial charge in [-0.2, -0.15) is 0 Å². The fraction of sp³-hybridized carbons (Fsp3) is 0.150. The van der Waals surface area contributed by atoms with E-state index < -0.39 is 0 Å². The van der Waals surface area contributed by atoms with Crippen molar-refractivity contribution in [2.24, 2.45) is 0 Å². The summed E-state index contributed by atoms with van der Waals surface area (Å²) in [6.45, 7) is 0.385. The summed E-state index contributed by atoms with van der Waals surface area (Å²) in [6.07, 6.45) is 2.46. The van der Waals surface area contributed by atoms with E-state index in [0.29, 0.717) is 35.0 Å². The van der Waals surface area contributed by atoms with Crippen LogP contribution in [0.1, 0.15) is 27.1 Å². The molecule has 0 atom stereocenters. The van der Waals surface area contributed by atoms with E-state index in [1.54, 1.807) is 30.5 Å². The highest BCUT2D eigenvalue weighted by molar-refractivity contribution is 7.99. The molecule has 0 spiro atoms. The average Bonchev–Trinajstić information content (AvgIpc) is 3.19. The molecule has 0 unspecified atom stereocenters. The molecule has 136 valence electrons. The Morgan fingerprint density at radius 1 is 0.926 bits per heavy atom. The molecular weight excluding hydrogens is 360 g/mol. The molecule has 0 bridgehead atoms. The van der Waals surface area contributed by atoms with E-state index in [-0.39, 0.29) is 11.8 Å². The predicted molar refractivity (Wildman–Crippen MR) is 105 cm³/mol. The molecule has 7 heteroatoms. The Bertz CT molecular complexity index is 965. The topological polar surface area (TPSA) is 81.2 Å². The van der Waals surface area contributed by atoms with Crippen LogP contribution in [0.25, 0.3) is 11.3 Å². The fourth-order valence-corrected chi connectivity index (χ4v) is 3.88. The molecule has 4 rings (SSSR count). The molecule has 2 aromatic carbocycles. The summed E-state index contributed by atoms with van der Waals surface area (Å²) in [5.41, 5.74) is 2.80. The Morgan fingerprint density at radius 2 is 1.56 bits per heavy atom. The van der Waals surface area contributed by atoms with Crippen LogP contribution >= 0.6 is 11.8 Å². The molecule has 1 aliphatic heterocycles. The zero-order valence-electron chi connectivity index (χ0n) is 14.5. The highest BCUT2D eigenvalue weighted by Gasteiger charge is 2.34. The van der Waals surface area contributed by atoms with Crippen LogP contribution in [0.15, 0.2) is 66.0 Å². The number of benzene rings is 2. The first kappa shape index (κ1) is 17.4. The summed E-state index contributed by atoms with van der Waals surface area (Å²) >= 11 is 1.51. The first-order valence-electron chi connectivity index (χ1n) is 8.63. The minimum Gasteiger partial charge on any atom is -0.337 e. The molecule has 2 N–H and O–H groups in total. The second-order valence-corrected chi connectivity index (χ2v) is 7.25. The average molecular weight is 378 g/mol. The number of nitrogen functional groups attached to an aromatic ring is 1. The fourth-order valence-electron chi connectivity index (χ4n) is 3.06. The molecule has 0 aliphatic carbocycles. The highest BCUT2D eigenvalue weighted by Crippen LogP contribution is 2.25. The molecule has 0 radical (unpaired) electrons. The molecule has 3 aromatic rings. The van der Waals surface area contributed by atoms with Gasteiger partial charge in [0.1, 0.15) is 0 Å². The van der Waals surface area contributed by atoms with Crippen LogP contribution in [0, 0.1) is 0 Å². The van der Waals surface area contributed by atoms with Gasteiger partial charge in [0, 0.05) is 17.9 Å². The Labute approximate surface area is 161 Å². The maximum absolute atomic E-state index is 12.3. The summed E-state index contributed by atoms with van der Waals surface area (Å²) in [7, 11) is 0. The Kier molecular flexibility index (Phi) is 4.68. The number of imidazole rings is 1. The first-order valence-corrected chi connectivity index (χ1v) is 9.61. The van der Waals surface area contributed by atoms with Crippen LogP contribution in [-0.4, -0.2) is 38.7 Å². The van der Waals surface area contributed by atoms with E-state index in [1.807, 2.05) is 30.3 Å². The monoisotopic (exact) mass is 378 g/mol. The molecule has 6 nitrogen and oxygen atoms in total. The van der Waals surface area contributed by atoms with E-state index in [2.05, 4.69) is 4.98 Å². The van der Waals surface area contributed by atoms with Crippen molar-refractivity contribution in [3.05, 3.63) is 71.9 Å². The van der Waals surface area contributed by atoms with Gasteiger partial charge in [-0.25, -0.2) is 9.66 Å². The third-order valence-electron chi connectivity index (χ3n) is 4.40. The van der Waals surface area contributed by atoms with Crippen molar-refractivity contribution >= 4 is 23.6 Å². The van der Waals surface area contributed by atoms with Crippen LogP contribution in [0.4, 0.5) is 0 Å². The number of rotatable bonds is 6. The lowest BCUT2D eigenvalue weighted by atomic mass is 10.1. The highest BCUT2D eigenvalue weighted by atomic mass is 32.2. The second kappa shape index (κ2) is 7.28. The second-order valence-electron chi connectivity index (χ2n) is 6.19. The Balaban J connectivity index is 1.34. The van der Waals surface area contributed by atoms with Crippen molar-refractivity contribution in [2.75, 3.05) is 18.1 Å². The lowest BCUT2D eigenvalue weighted by Crippen LogP contribution is -2.31. The van der Waals surface area contributed by atoms with Crippen LogP contribution < -0.4 is 5.84 Å². The lowest BCUT2D eigenvalue weighted by molar-refractivity contribution is 0.0655. The van der Waals surface area contributed by atoms with Crippen LogP contribution in [-0.2, 0) is 0 Å². The van der Waals surface area contributed by atoms with Gasteiger partial charge in [0.05, 0.1) is 23.0 Å². The Morgan fingerprint density at radius 3 is 2.22 bits per heavy atom. The Hall–Kier alpha value is -3.06. The third kappa shape index (κ3) is 3.33. The van der Waals surface area contributed by atoms with Gasteiger partial charge in [-0.15, -0.1) is 0 Å². The number of amides is 2. The minimum absolute atomic E-state index is 0.215. The van der Waals surface area contributed by atoms with Gasteiger partial charge in [-0.1, -0.05) is 54.2 Å². The van der Waals surface area contributed by atoms with E-state index in [4.69, 9.17) is 5.84 Å².